The number of hydrazine groups is 2. The molecule has 2 aromatic rings. The lowest BCUT2D eigenvalue weighted by Gasteiger charge is -2.42. The first kappa shape index (κ1) is 29.7. The van der Waals surface area contributed by atoms with Crippen LogP contribution in [0.3, 0.4) is 0 Å². The lowest BCUT2D eigenvalue weighted by molar-refractivity contribution is -0.155. The van der Waals surface area contributed by atoms with Crippen LogP contribution < -0.4 is 16.1 Å². The highest BCUT2D eigenvalue weighted by Gasteiger charge is 2.44. The van der Waals surface area contributed by atoms with E-state index < -0.39 is 48.2 Å². The fraction of sp³-hybridized carbons (Fsp3) is 0.321. The molecule has 2 aromatic carbocycles. The van der Waals surface area contributed by atoms with Crippen molar-refractivity contribution in [1.82, 2.24) is 25.8 Å². The minimum absolute atomic E-state index is 0.126. The number of urea groups is 1. The number of carbonyl (C=O) groups excluding carboxylic acids is 6. The number of aldehydes is 1. The molecule has 2 atom stereocenters. The smallest absolute Gasteiger partial charge is 0.358 e. The van der Waals surface area contributed by atoms with E-state index in [2.05, 4.69) is 16.1 Å². The normalized spacial score (nSPS) is 17.4. The Hall–Kier alpha value is -5.27. The Bertz CT molecular complexity index is 1370. The van der Waals surface area contributed by atoms with E-state index in [1.807, 2.05) is 30.3 Å². The second-order valence-corrected chi connectivity index (χ2v) is 9.78. The van der Waals surface area contributed by atoms with E-state index in [0.717, 1.165) is 20.6 Å². The molecule has 42 heavy (non-hydrogen) atoms. The maximum atomic E-state index is 13.5. The van der Waals surface area contributed by atoms with Crippen LogP contribution in [-0.2, 0) is 30.4 Å². The molecular formula is C28H30N6O8. The molecule has 0 spiro atoms. The molecular weight excluding hydrogens is 548 g/mol. The third-order valence-corrected chi connectivity index (χ3v) is 6.73. The van der Waals surface area contributed by atoms with E-state index in [4.69, 9.17) is 5.11 Å². The van der Waals surface area contributed by atoms with E-state index >= 15 is 0 Å². The average Bonchev–Trinajstić information content (AvgIpc) is 3.09. The number of nitrogens with one attached hydrogen (secondary N) is 3. The first-order chi connectivity index (χ1) is 20.2. The molecule has 14 heteroatoms. The third kappa shape index (κ3) is 7.27. The van der Waals surface area contributed by atoms with Gasteiger partial charge in [0.1, 0.15) is 12.3 Å². The predicted molar refractivity (Wildman–Crippen MR) is 146 cm³/mol. The van der Waals surface area contributed by atoms with E-state index in [0.29, 0.717) is 12.1 Å². The highest BCUT2D eigenvalue weighted by atomic mass is 16.4. The Morgan fingerprint density at radius 1 is 1.00 bits per heavy atom. The van der Waals surface area contributed by atoms with Crippen LogP contribution in [0.2, 0.25) is 0 Å². The largest absolute Gasteiger partial charge is 0.481 e. The number of benzene rings is 2. The van der Waals surface area contributed by atoms with Gasteiger partial charge in [-0.25, -0.2) is 19.8 Å². The summed E-state index contributed by atoms with van der Waals surface area (Å²) >= 11 is 0. The van der Waals surface area contributed by atoms with Crippen molar-refractivity contribution in [3.05, 3.63) is 65.7 Å². The van der Waals surface area contributed by atoms with E-state index in [1.54, 1.807) is 12.1 Å². The summed E-state index contributed by atoms with van der Waals surface area (Å²) in [6.45, 7) is 0.00811. The van der Waals surface area contributed by atoms with Crippen molar-refractivity contribution < 1.29 is 38.7 Å². The first-order valence-corrected chi connectivity index (χ1v) is 13.3. The number of fused-ring (bicyclic) bond motifs is 1. The lowest BCUT2D eigenvalue weighted by atomic mass is 10.1. The number of rotatable bonds is 10. The molecule has 0 bridgehead atoms. The van der Waals surface area contributed by atoms with Crippen LogP contribution in [0.5, 0.6) is 0 Å². The molecule has 14 nitrogen and oxygen atoms in total. The van der Waals surface area contributed by atoms with Gasteiger partial charge in [0, 0.05) is 24.2 Å². The van der Waals surface area contributed by atoms with Crippen LogP contribution in [0.25, 0.3) is 0 Å². The zero-order valence-electron chi connectivity index (χ0n) is 22.5. The summed E-state index contributed by atoms with van der Waals surface area (Å²) in [7, 11) is 0. The molecule has 0 unspecified atom stereocenters. The van der Waals surface area contributed by atoms with Crippen LogP contribution in [0, 0.1) is 0 Å². The monoisotopic (exact) mass is 578 g/mol. The van der Waals surface area contributed by atoms with Gasteiger partial charge in [-0.1, -0.05) is 30.3 Å². The van der Waals surface area contributed by atoms with Crippen molar-refractivity contribution >= 4 is 47.6 Å². The van der Waals surface area contributed by atoms with Crippen LogP contribution in [0.1, 0.15) is 41.6 Å². The average molecular weight is 579 g/mol. The molecule has 2 fully saturated rings. The number of aliphatic carboxylic acids is 1. The Balaban J connectivity index is 1.42. The van der Waals surface area contributed by atoms with Gasteiger partial charge in [0.05, 0.1) is 25.4 Å². The second-order valence-electron chi connectivity index (χ2n) is 9.78. The van der Waals surface area contributed by atoms with Gasteiger partial charge in [0.2, 0.25) is 17.7 Å². The zero-order valence-corrected chi connectivity index (χ0v) is 22.5. The molecule has 2 aliphatic heterocycles. The molecule has 4 rings (SSSR count). The number of carbonyl (C=O) groups is 7. The van der Waals surface area contributed by atoms with Gasteiger partial charge in [-0.3, -0.25) is 29.4 Å². The minimum atomic E-state index is -1.31. The van der Waals surface area contributed by atoms with Gasteiger partial charge in [0.25, 0.3) is 5.91 Å². The van der Waals surface area contributed by atoms with Crippen molar-refractivity contribution in [2.24, 2.45) is 0 Å². The maximum absolute atomic E-state index is 13.5. The summed E-state index contributed by atoms with van der Waals surface area (Å²) in [5.41, 5.74) is 3.97. The standard InChI is InChI=1S/C28H30N6O8/c35-17-21(16-25(38)39)30-27(41)22-7-4-13-33-24(37)12-14-32(28(42)34(22)33)31-26(40)19-8-10-20(11-9-19)29-23(36)15-18-5-2-1-3-6-18/h1-3,5-6,8-11,17,21-22H,4,7,12-16H2,(H,29,36)(H,30,41)(H,31,40)(H,38,39)/t21-,22-/m0/s1. The van der Waals surface area contributed by atoms with E-state index in [9.17, 15) is 33.6 Å². The molecule has 0 aliphatic carbocycles. The summed E-state index contributed by atoms with van der Waals surface area (Å²) < 4.78 is 0. The number of amides is 6. The minimum Gasteiger partial charge on any atom is -0.481 e. The third-order valence-electron chi connectivity index (χ3n) is 6.73. The number of hydrogen-bond donors (Lipinski definition) is 4. The molecule has 2 heterocycles. The number of hydrogen-bond acceptors (Lipinski definition) is 7. The number of nitrogens with zero attached hydrogens (tertiary/aromatic N) is 3. The number of anilines is 1. The van der Waals surface area contributed by atoms with Crippen molar-refractivity contribution in [1.29, 1.82) is 0 Å². The summed E-state index contributed by atoms with van der Waals surface area (Å²) in [5.74, 6) is -3.42. The van der Waals surface area contributed by atoms with E-state index in [-0.39, 0.29) is 50.1 Å². The zero-order chi connectivity index (χ0) is 30.2. The van der Waals surface area contributed by atoms with Crippen molar-refractivity contribution in [2.45, 2.75) is 44.2 Å². The molecule has 0 aromatic heterocycles. The summed E-state index contributed by atoms with van der Waals surface area (Å²) in [6, 6.07) is 11.9. The van der Waals surface area contributed by atoms with Gasteiger partial charge in [-0.2, -0.15) is 0 Å². The number of carboxylic acid groups (broad SMARTS) is 1. The van der Waals surface area contributed by atoms with Gasteiger partial charge in [0.15, 0.2) is 0 Å². The Labute approximate surface area is 240 Å². The Morgan fingerprint density at radius 3 is 2.38 bits per heavy atom. The Morgan fingerprint density at radius 2 is 1.71 bits per heavy atom. The van der Waals surface area contributed by atoms with Gasteiger partial charge < -0.3 is 20.5 Å². The van der Waals surface area contributed by atoms with Crippen molar-refractivity contribution in [3.63, 3.8) is 0 Å². The fourth-order valence-electron chi connectivity index (χ4n) is 4.69. The predicted octanol–water partition coefficient (Wildman–Crippen LogP) is 0.705. The Kier molecular flexibility index (Phi) is 9.47. The SMILES string of the molecule is O=C[C@H](CC(=O)O)NC(=O)[C@@H]1CCCN2C(=O)CCN(NC(=O)c3ccc(NC(=O)Cc4ccccc4)cc3)C(=O)N12. The quantitative estimate of drug-likeness (QED) is 0.297. The van der Waals surface area contributed by atoms with Crippen molar-refractivity contribution in [2.75, 3.05) is 18.4 Å². The molecule has 0 saturated carbocycles. The maximum Gasteiger partial charge on any atom is 0.358 e. The molecule has 2 aliphatic rings. The first-order valence-electron chi connectivity index (χ1n) is 13.3. The van der Waals surface area contributed by atoms with Crippen LogP contribution in [-0.4, -0.2) is 87.2 Å². The highest BCUT2D eigenvalue weighted by molar-refractivity contribution is 5.98. The molecule has 0 radical (unpaired) electrons. The summed E-state index contributed by atoms with van der Waals surface area (Å²) in [4.78, 5) is 86.9. The topological polar surface area (TPSA) is 186 Å². The van der Waals surface area contributed by atoms with Crippen LogP contribution in [0.4, 0.5) is 10.5 Å². The second kappa shape index (κ2) is 13.4. The molecule has 4 N–H and O–H groups in total. The molecule has 2 saturated heterocycles. The van der Waals surface area contributed by atoms with E-state index in [1.165, 1.54) is 12.1 Å². The van der Waals surface area contributed by atoms with Crippen LogP contribution in [0.15, 0.2) is 54.6 Å². The van der Waals surface area contributed by atoms with Gasteiger partial charge in [-0.15, -0.1) is 0 Å². The van der Waals surface area contributed by atoms with Gasteiger partial charge in [-0.05, 0) is 42.7 Å². The fourth-order valence-corrected chi connectivity index (χ4v) is 4.69. The summed E-state index contributed by atoms with van der Waals surface area (Å²) in [6.07, 6.45) is 0.239. The lowest BCUT2D eigenvalue weighted by Crippen LogP contribution is -2.64. The summed E-state index contributed by atoms with van der Waals surface area (Å²) in [5, 5.41) is 17.1. The molecule has 6 amide bonds. The van der Waals surface area contributed by atoms with Crippen molar-refractivity contribution in [3.8, 4) is 0 Å². The van der Waals surface area contributed by atoms with Gasteiger partial charge >= 0.3 is 12.0 Å². The highest BCUT2D eigenvalue weighted by Crippen LogP contribution is 2.24. The molecule has 220 valence electrons. The van der Waals surface area contributed by atoms with Crippen LogP contribution >= 0.6 is 0 Å². The number of carboxylic acids is 1.